The van der Waals surface area contributed by atoms with Gasteiger partial charge < -0.3 is 14.9 Å². The van der Waals surface area contributed by atoms with Crippen molar-refractivity contribution >= 4 is 52.1 Å². The van der Waals surface area contributed by atoms with Crippen LogP contribution in [0.15, 0.2) is 115 Å². The molecule has 0 aliphatic carbocycles. The van der Waals surface area contributed by atoms with E-state index in [1.165, 1.54) is 0 Å². The number of hydrogen-bond acceptors (Lipinski definition) is 3. The van der Waals surface area contributed by atoms with E-state index in [-0.39, 0.29) is 0 Å². The number of nitrogens with one attached hydrogen (secondary N) is 2. The van der Waals surface area contributed by atoms with Crippen molar-refractivity contribution in [1.82, 2.24) is 19.9 Å². The van der Waals surface area contributed by atoms with E-state index in [1.54, 1.807) is 0 Å². The van der Waals surface area contributed by atoms with Gasteiger partial charge in [-0.1, -0.05) is 72.8 Å². The van der Waals surface area contributed by atoms with Crippen molar-refractivity contribution < 1.29 is 0 Å². The zero-order valence-corrected chi connectivity index (χ0v) is 25.1. The Morgan fingerprint density at radius 1 is 0.467 bits per heavy atom. The number of aromatic amines is 2. The van der Waals surface area contributed by atoms with Crippen molar-refractivity contribution in [2.24, 2.45) is 0 Å². The summed E-state index contributed by atoms with van der Waals surface area (Å²) < 4.78 is 0. The van der Waals surface area contributed by atoms with Crippen molar-refractivity contribution in [3.63, 3.8) is 0 Å². The molecular formula is C40H31N5. The maximum absolute atomic E-state index is 5.31. The highest BCUT2D eigenvalue weighted by Gasteiger charge is 2.16. The van der Waals surface area contributed by atoms with Crippen LogP contribution in [0.2, 0.25) is 0 Å². The van der Waals surface area contributed by atoms with E-state index in [2.05, 4.69) is 156 Å². The van der Waals surface area contributed by atoms with Gasteiger partial charge in [-0.05, 0) is 83.5 Å². The molecule has 216 valence electrons. The number of nitrogens with zero attached hydrogens (tertiary/aromatic N) is 3. The predicted molar refractivity (Wildman–Crippen MR) is 189 cm³/mol. The molecule has 3 aromatic heterocycles. The van der Waals surface area contributed by atoms with Crippen LogP contribution in [0.25, 0.3) is 79.8 Å². The van der Waals surface area contributed by atoms with Gasteiger partial charge in [-0.3, -0.25) is 0 Å². The fourth-order valence-electron chi connectivity index (χ4n) is 6.19. The summed E-state index contributed by atoms with van der Waals surface area (Å²) >= 11 is 0. The first-order valence-corrected chi connectivity index (χ1v) is 15.1. The molecule has 5 nitrogen and oxygen atoms in total. The third-order valence-electron chi connectivity index (χ3n) is 8.37. The lowest BCUT2D eigenvalue weighted by Crippen LogP contribution is -2.07. The summed E-state index contributed by atoms with van der Waals surface area (Å²) in [7, 11) is 4.12. The van der Waals surface area contributed by atoms with E-state index in [0.717, 1.165) is 83.9 Å². The molecule has 0 unspecified atom stereocenters. The molecule has 0 radical (unpaired) electrons. The van der Waals surface area contributed by atoms with E-state index in [9.17, 15) is 0 Å². The largest absolute Gasteiger partial charge is 0.378 e. The molecule has 0 atom stereocenters. The van der Waals surface area contributed by atoms with Crippen LogP contribution in [0, 0.1) is 0 Å². The zero-order chi connectivity index (χ0) is 30.3. The number of benzene rings is 3. The maximum Gasteiger partial charge on any atom is 0.0737 e. The van der Waals surface area contributed by atoms with Crippen molar-refractivity contribution in [3.8, 4) is 33.4 Å². The molecule has 8 bridgehead atoms. The SMILES string of the molecule is CN(C)c1ccc(-c2c3nc(c(-c4ccccc4)c4ccc(cc5nc(c(-c6ccccc6)c6ccc2[nH]6)C=C5)[nH]4)C=C3)cc1. The van der Waals surface area contributed by atoms with Crippen molar-refractivity contribution in [2.45, 2.75) is 0 Å². The van der Waals surface area contributed by atoms with Gasteiger partial charge in [0.15, 0.2) is 0 Å². The molecule has 2 N–H and O–H groups in total. The first kappa shape index (κ1) is 26.7. The fraction of sp³-hybridized carbons (Fsp3) is 0.0500. The molecule has 6 aromatic rings. The average Bonchev–Trinajstić information content (AvgIpc) is 3.90. The van der Waals surface area contributed by atoms with E-state index < -0.39 is 0 Å². The van der Waals surface area contributed by atoms with Crippen LogP contribution in [-0.2, 0) is 0 Å². The Balaban J connectivity index is 1.52. The molecule has 0 spiro atoms. The fourth-order valence-corrected chi connectivity index (χ4v) is 6.19. The minimum Gasteiger partial charge on any atom is -0.378 e. The Labute approximate surface area is 261 Å². The maximum atomic E-state index is 5.31. The van der Waals surface area contributed by atoms with Gasteiger partial charge in [0.05, 0.1) is 22.8 Å². The Morgan fingerprint density at radius 3 is 1.53 bits per heavy atom. The molecule has 45 heavy (non-hydrogen) atoms. The van der Waals surface area contributed by atoms with E-state index in [4.69, 9.17) is 9.97 Å². The number of anilines is 1. The number of hydrogen-bond donors (Lipinski definition) is 2. The van der Waals surface area contributed by atoms with E-state index in [0.29, 0.717) is 0 Å². The van der Waals surface area contributed by atoms with Gasteiger partial charge in [0, 0.05) is 58.5 Å². The van der Waals surface area contributed by atoms with Crippen molar-refractivity contribution in [1.29, 1.82) is 0 Å². The Morgan fingerprint density at radius 2 is 0.956 bits per heavy atom. The summed E-state index contributed by atoms with van der Waals surface area (Å²) in [6.45, 7) is 0. The minimum absolute atomic E-state index is 0.897. The topological polar surface area (TPSA) is 60.6 Å². The molecule has 3 aromatic carbocycles. The summed E-state index contributed by atoms with van der Waals surface area (Å²) in [4.78, 5) is 20.0. The van der Waals surface area contributed by atoms with E-state index >= 15 is 0 Å². The lowest BCUT2D eigenvalue weighted by Gasteiger charge is -2.13. The molecule has 2 aliphatic heterocycles. The van der Waals surface area contributed by atoms with Gasteiger partial charge in [-0.2, -0.15) is 0 Å². The summed E-state index contributed by atoms with van der Waals surface area (Å²) in [5.41, 5.74) is 15.2. The second-order valence-electron chi connectivity index (χ2n) is 11.5. The van der Waals surface area contributed by atoms with Crippen LogP contribution < -0.4 is 4.90 Å². The molecule has 0 fully saturated rings. The van der Waals surface area contributed by atoms with Crippen molar-refractivity contribution in [2.75, 3.05) is 19.0 Å². The summed E-state index contributed by atoms with van der Waals surface area (Å²) in [5.74, 6) is 0. The molecule has 2 aliphatic rings. The summed E-state index contributed by atoms with van der Waals surface area (Å²) in [5, 5.41) is 0. The highest BCUT2D eigenvalue weighted by Crippen LogP contribution is 2.36. The molecule has 8 rings (SSSR count). The minimum atomic E-state index is 0.897. The van der Waals surface area contributed by atoms with E-state index in [1.807, 2.05) is 12.1 Å². The van der Waals surface area contributed by atoms with Crippen LogP contribution in [0.3, 0.4) is 0 Å². The number of H-pyrrole nitrogens is 2. The van der Waals surface area contributed by atoms with Gasteiger partial charge >= 0.3 is 0 Å². The number of aromatic nitrogens is 4. The van der Waals surface area contributed by atoms with Gasteiger partial charge in [0.1, 0.15) is 0 Å². The van der Waals surface area contributed by atoms with Gasteiger partial charge in [0.25, 0.3) is 0 Å². The Hall–Kier alpha value is -5.94. The monoisotopic (exact) mass is 581 g/mol. The molecular weight excluding hydrogens is 550 g/mol. The normalized spacial score (nSPS) is 12.0. The second-order valence-corrected chi connectivity index (χ2v) is 11.5. The molecule has 5 heterocycles. The quantitative estimate of drug-likeness (QED) is 0.217. The number of fused-ring (bicyclic) bond motifs is 8. The van der Waals surface area contributed by atoms with Crippen LogP contribution in [0.5, 0.6) is 0 Å². The highest BCUT2D eigenvalue weighted by molar-refractivity contribution is 5.97. The van der Waals surface area contributed by atoms with Gasteiger partial charge in [-0.15, -0.1) is 0 Å². The lowest BCUT2D eigenvalue weighted by atomic mass is 10.0. The summed E-state index contributed by atoms with van der Waals surface area (Å²) in [6, 6.07) is 40.3. The summed E-state index contributed by atoms with van der Waals surface area (Å²) in [6.07, 6.45) is 8.45. The first-order chi connectivity index (χ1) is 22.1. The van der Waals surface area contributed by atoms with Crippen LogP contribution >= 0.6 is 0 Å². The first-order valence-electron chi connectivity index (χ1n) is 15.1. The Kier molecular flexibility index (Phi) is 6.50. The van der Waals surface area contributed by atoms with Crippen LogP contribution in [-0.4, -0.2) is 34.0 Å². The molecule has 0 amide bonds. The third-order valence-corrected chi connectivity index (χ3v) is 8.37. The standard InChI is InChI=1S/C40H31N5/c1-45(2)31-17-13-28(14-18-31)40-36-23-21-34(43-36)38(26-9-5-3-6-10-26)32-19-15-29(41-32)25-30-16-20-33(42-30)39(27-11-7-4-8-12-27)35-22-24-37(40)44-35/h3-25,41,44H,1-2H3. The zero-order valence-electron chi connectivity index (χ0n) is 25.1. The second kappa shape index (κ2) is 11.0. The molecule has 0 saturated carbocycles. The lowest BCUT2D eigenvalue weighted by molar-refractivity contribution is 1.13. The smallest absolute Gasteiger partial charge is 0.0737 e. The molecule has 0 saturated heterocycles. The third kappa shape index (κ3) is 4.94. The van der Waals surface area contributed by atoms with Crippen LogP contribution in [0.1, 0.15) is 22.8 Å². The van der Waals surface area contributed by atoms with Crippen molar-refractivity contribution in [3.05, 3.63) is 138 Å². The predicted octanol–water partition coefficient (Wildman–Crippen LogP) is 9.72. The Bertz CT molecular complexity index is 2230. The van der Waals surface area contributed by atoms with Gasteiger partial charge in [0.2, 0.25) is 0 Å². The van der Waals surface area contributed by atoms with Crippen LogP contribution in [0.4, 0.5) is 5.69 Å². The molecule has 5 heteroatoms. The number of rotatable bonds is 4. The van der Waals surface area contributed by atoms with Gasteiger partial charge in [-0.25, -0.2) is 9.97 Å². The average molecular weight is 582 g/mol. The highest BCUT2D eigenvalue weighted by atomic mass is 15.1.